The van der Waals surface area contributed by atoms with Gasteiger partial charge in [-0.2, -0.15) is 0 Å². The Morgan fingerprint density at radius 3 is 2.94 bits per heavy atom. The van der Waals surface area contributed by atoms with Crippen LogP contribution in [0.2, 0.25) is 0 Å². The molecule has 0 bridgehead atoms. The molecule has 1 saturated carbocycles. The Morgan fingerprint density at radius 2 is 2.18 bits per heavy atom. The average Bonchev–Trinajstić information content (AvgIpc) is 3.04. The summed E-state index contributed by atoms with van der Waals surface area (Å²) in [5.41, 5.74) is 1.35. The number of anilines is 1. The van der Waals surface area contributed by atoms with Crippen LogP contribution in [0.4, 0.5) is 5.69 Å². The molecule has 2 nitrogen and oxygen atoms in total. The average molecular weight is 295 g/mol. The zero-order valence-electron chi connectivity index (χ0n) is 10.0. The highest BCUT2D eigenvalue weighted by Gasteiger charge is 2.26. The third kappa shape index (κ3) is 3.02. The summed E-state index contributed by atoms with van der Waals surface area (Å²) in [5, 5.41) is 3.65. The number of nitrogens with one attached hydrogen (secondary N) is 1. The van der Waals surface area contributed by atoms with Gasteiger partial charge in [-0.25, -0.2) is 0 Å². The van der Waals surface area contributed by atoms with Gasteiger partial charge in [0.05, 0.1) is 0 Å². The number of benzene rings is 1. The second kappa shape index (κ2) is 4.99. The number of hydrogen-bond donors (Lipinski definition) is 1. The molecule has 0 radical (unpaired) electrons. The molecule has 1 aromatic rings. The molecule has 0 spiro atoms. The van der Waals surface area contributed by atoms with Crippen molar-refractivity contribution in [2.75, 3.05) is 24.5 Å². The molecule has 0 aromatic heterocycles. The largest absolute Gasteiger partial charge is 0.371 e. The van der Waals surface area contributed by atoms with Crippen LogP contribution in [-0.2, 0) is 0 Å². The molecule has 1 atom stereocenters. The molecule has 1 heterocycles. The lowest BCUT2D eigenvalue weighted by atomic mass is 10.1. The number of hydrogen-bond acceptors (Lipinski definition) is 2. The first-order valence-electron chi connectivity index (χ1n) is 6.55. The Labute approximate surface area is 112 Å². The van der Waals surface area contributed by atoms with Gasteiger partial charge in [0.1, 0.15) is 0 Å². The first-order chi connectivity index (χ1) is 8.31. The summed E-state index contributed by atoms with van der Waals surface area (Å²) in [6.07, 6.45) is 4.11. The Balaban J connectivity index is 1.55. The van der Waals surface area contributed by atoms with Crippen molar-refractivity contribution in [3.63, 3.8) is 0 Å². The molecule has 0 amide bonds. The van der Waals surface area contributed by atoms with E-state index < -0.39 is 0 Å². The van der Waals surface area contributed by atoms with E-state index in [-0.39, 0.29) is 0 Å². The molecule has 3 rings (SSSR count). The normalized spacial score (nSPS) is 24.3. The Hall–Kier alpha value is -0.540. The van der Waals surface area contributed by atoms with Gasteiger partial charge in [0.2, 0.25) is 0 Å². The fourth-order valence-electron chi connectivity index (χ4n) is 2.53. The molecular formula is C14H19BrN2. The summed E-state index contributed by atoms with van der Waals surface area (Å²) in [6, 6.07) is 9.48. The predicted molar refractivity (Wildman–Crippen MR) is 75.5 cm³/mol. The third-order valence-electron chi connectivity index (χ3n) is 3.73. The van der Waals surface area contributed by atoms with Gasteiger partial charge >= 0.3 is 0 Å². The van der Waals surface area contributed by atoms with Crippen LogP contribution in [0, 0.1) is 5.92 Å². The maximum absolute atomic E-state index is 3.65. The first kappa shape index (κ1) is 11.5. The zero-order chi connectivity index (χ0) is 11.7. The van der Waals surface area contributed by atoms with Gasteiger partial charge in [-0.05, 0) is 49.9 Å². The van der Waals surface area contributed by atoms with Crippen LogP contribution in [-0.4, -0.2) is 25.7 Å². The smallest absolute Gasteiger partial charge is 0.0377 e. The molecule has 17 heavy (non-hydrogen) atoms. The van der Waals surface area contributed by atoms with Crippen molar-refractivity contribution >= 4 is 21.6 Å². The maximum Gasteiger partial charge on any atom is 0.0377 e. The Kier molecular flexibility index (Phi) is 3.39. The second-order valence-corrected chi connectivity index (χ2v) is 6.18. The number of halogens is 1. The van der Waals surface area contributed by atoms with Gasteiger partial charge < -0.3 is 10.2 Å². The van der Waals surface area contributed by atoms with Crippen LogP contribution in [0.1, 0.15) is 19.3 Å². The van der Waals surface area contributed by atoms with Crippen LogP contribution < -0.4 is 10.2 Å². The standard InChI is InChI=1S/C14H19BrN2/c15-12-2-1-3-14(8-12)17-7-6-11(10-17)9-16-13-4-5-13/h1-3,8,11,13,16H,4-7,9-10H2. The highest BCUT2D eigenvalue weighted by molar-refractivity contribution is 9.10. The van der Waals surface area contributed by atoms with E-state index in [0.29, 0.717) is 0 Å². The molecule has 1 aliphatic carbocycles. The van der Waals surface area contributed by atoms with E-state index in [9.17, 15) is 0 Å². The zero-order valence-corrected chi connectivity index (χ0v) is 11.6. The Morgan fingerprint density at radius 1 is 1.29 bits per heavy atom. The fourth-order valence-corrected chi connectivity index (χ4v) is 2.91. The number of nitrogens with zero attached hydrogens (tertiary/aromatic N) is 1. The minimum absolute atomic E-state index is 0.828. The summed E-state index contributed by atoms with van der Waals surface area (Å²) in [5.74, 6) is 0.828. The minimum Gasteiger partial charge on any atom is -0.371 e. The van der Waals surface area contributed by atoms with Crippen molar-refractivity contribution in [2.45, 2.75) is 25.3 Å². The van der Waals surface area contributed by atoms with Crippen LogP contribution in [0.25, 0.3) is 0 Å². The molecule has 1 aromatic carbocycles. The van der Waals surface area contributed by atoms with Gasteiger partial charge in [-0.3, -0.25) is 0 Å². The molecular weight excluding hydrogens is 276 g/mol. The molecule has 1 aliphatic heterocycles. The van der Waals surface area contributed by atoms with Crippen LogP contribution in [0.5, 0.6) is 0 Å². The van der Waals surface area contributed by atoms with Crippen LogP contribution >= 0.6 is 15.9 Å². The van der Waals surface area contributed by atoms with E-state index in [4.69, 9.17) is 0 Å². The molecule has 1 saturated heterocycles. The van der Waals surface area contributed by atoms with E-state index in [1.165, 1.54) is 49.1 Å². The first-order valence-corrected chi connectivity index (χ1v) is 7.34. The van der Waals surface area contributed by atoms with Crippen molar-refractivity contribution in [3.8, 4) is 0 Å². The summed E-state index contributed by atoms with van der Waals surface area (Å²) in [4.78, 5) is 2.50. The minimum atomic E-state index is 0.828. The summed E-state index contributed by atoms with van der Waals surface area (Å²) in [6.45, 7) is 3.61. The van der Waals surface area contributed by atoms with E-state index in [1.54, 1.807) is 0 Å². The lowest BCUT2D eigenvalue weighted by Crippen LogP contribution is -2.27. The SMILES string of the molecule is Brc1cccc(N2CCC(CNC3CC3)C2)c1. The predicted octanol–water partition coefficient (Wildman–Crippen LogP) is 3.03. The van der Waals surface area contributed by atoms with Gasteiger partial charge in [0.15, 0.2) is 0 Å². The molecule has 92 valence electrons. The van der Waals surface area contributed by atoms with Crippen LogP contribution in [0.15, 0.2) is 28.7 Å². The molecule has 1 N–H and O–H groups in total. The summed E-state index contributed by atoms with van der Waals surface area (Å²) >= 11 is 3.54. The van der Waals surface area contributed by atoms with Crippen molar-refractivity contribution in [1.29, 1.82) is 0 Å². The molecule has 1 unspecified atom stereocenters. The molecule has 3 heteroatoms. The van der Waals surface area contributed by atoms with Crippen molar-refractivity contribution in [3.05, 3.63) is 28.7 Å². The molecule has 2 fully saturated rings. The van der Waals surface area contributed by atoms with E-state index >= 15 is 0 Å². The van der Waals surface area contributed by atoms with E-state index in [2.05, 4.69) is 50.4 Å². The fraction of sp³-hybridized carbons (Fsp3) is 0.571. The Bertz CT molecular complexity index is 390. The lowest BCUT2D eigenvalue weighted by molar-refractivity contribution is 0.515. The van der Waals surface area contributed by atoms with Gasteiger partial charge in [0.25, 0.3) is 0 Å². The monoisotopic (exact) mass is 294 g/mol. The third-order valence-corrected chi connectivity index (χ3v) is 4.23. The quantitative estimate of drug-likeness (QED) is 0.918. The maximum atomic E-state index is 3.65. The number of rotatable bonds is 4. The van der Waals surface area contributed by atoms with Crippen molar-refractivity contribution in [2.24, 2.45) is 5.92 Å². The van der Waals surface area contributed by atoms with Crippen molar-refractivity contribution in [1.82, 2.24) is 5.32 Å². The van der Waals surface area contributed by atoms with Gasteiger partial charge in [-0.1, -0.05) is 22.0 Å². The summed E-state index contributed by atoms with van der Waals surface area (Å²) in [7, 11) is 0. The van der Waals surface area contributed by atoms with Gasteiger partial charge in [0, 0.05) is 29.3 Å². The molecule has 2 aliphatic rings. The highest BCUT2D eigenvalue weighted by atomic mass is 79.9. The summed E-state index contributed by atoms with van der Waals surface area (Å²) < 4.78 is 1.18. The van der Waals surface area contributed by atoms with E-state index in [0.717, 1.165) is 12.0 Å². The lowest BCUT2D eigenvalue weighted by Gasteiger charge is -2.19. The van der Waals surface area contributed by atoms with E-state index in [1.807, 2.05) is 0 Å². The van der Waals surface area contributed by atoms with Crippen molar-refractivity contribution < 1.29 is 0 Å². The topological polar surface area (TPSA) is 15.3 Å². The second-order valence-electron chi connectivity index (χ2n) is 5.26. The van der Waals surface area contributed by atoms with Crippen LogP contribution in [0.3, 0.4) is 0 Å². The van der Waals surface area contributed by atoms with Gasteiger partial charge in [-0.15, -0.1) is 0 Å². The highest BCUT2D eigenvalue weighted by Crippen LogP contribution is 2.26.